The third kappa shape index (κ3) is 3.01. The molecule has 0 saturated heterocycles. The fourth-order valence-corrected chi connectivity index (χ4v) is 3.03. The number of nitrogens with one attached hydrogen (secondary N) is 1. The van der Waals surface area contributed by atoms with Crippen molar-refractivity contribution in [2.75, 3.05) is 13.7 Å². The predicted molar refractivity (Wildman–Crippen MR) is 83.9 cm³/mol. The average Bonchev–Trinajstić information content (AvgIpc) is 3.15. The molecule has 21 heavy (non-hydrogen) atoms. The zero-order valence-corrected chi connectivity index (χ0v) is 12.6. The standard InChI is InChI=1S/C17H23N3O/c1-21-11-8-13-4-6-14(7-5-13)15-12-19-16(20-15)17(18)9-2-3-10-17/h4-7,12H,2-3,8-11,18H2,1H3,(H,19,20). The summed E-state index contributed by atoms with van der Waals surface area (Å²) in [5, 5.41) is 0. The number of ether oxygens (including phenoxy) is 1. The number of nitrogens with zero attached hydrogens (tertiary/aromatic N) is 1. The Morgan fingerprint density at radius 2 is 1.95 bits per heavy atom. The third-order valence-corrected chi connectivity index (χ3v) is 4.40. The number of aromatic nitrogens is 2. The molecule has 3 N–H and O–H groups in total. The van der Waals surface area contributed by atoms with Crippen LogP contribution in [-0.2, 0) is 16.7 Å². The fraction of sp³-hybridized carbons (Fsp3) is 0.471. The molecule has 4 heteroatoms. The van der Waals surface area contributed by atoms with Crippen LogP contribution in [0.4, 0.5) is 0 Å². The van der Waals surface area contributed by atoms with Gasteiger partial charge in [0.1, 0.15) is 5.82 Å². The van der Waals surface area contributed by atoms with Gasteiger partial charge in [0, 0.05) is 7.11 Å². The van der Waals surface area contributed by atoms with Gasteiger partial charge in [-0.3, -0.25) is 0 Å². The summed E-state index contributed by atoms with van der Waals surface area (Å²) in [4.78, 5) is 7.93. The maximum Gasteiger partial charge on any atom is 0.126 e. The molecule has 0 aliphatic heterocycles. The summed E-state index contributed by atoms with van der Waals surface area (Å²) in [5.74, 6) is 0.929. The number of hydrogen-bond acceptors (Lipinski definition) is 3. The molecule has 3 rings (SSSR count). The van der Waals surface area contributed by atoms with Gasteiger partial charge in [-0.05, 0) is 30.4 Å². The molecule has 4 nitrogen and oxygen atoms in total. The number of methoxy groups -OCH3 is 1. The lowest BCUT2D eigenvalue weighted by Gasteiger charge is -2.20. The van der Waals surface area contributed by atoms with E-state index in [1.165, 1.54) is 18.4 Å². The molecule has 1 aromatic carbocycles. The molecule has 2 aromatic rings. The van der Waals surface area contributed by atoms with Crippen LogP contribution in [0, 0.1) is 0 Å². The Bertz CT molecular complexity index is 582. The minimum absolute atomic E-state index is 0.253. The molecule has 1 aliphatic carbocycles. The highest BCUT2D eigenvalue weighted by molar-refractivity contribution is 5.59. The van der Waals surface area contributed by atoms with Crippen molar-refractivity contribution in [1.82, 2.24) is 9.97 Å². The first-order valence-corrected chi connectivity index (χ1v) is 7.64. The Kier molecular flexibility index (Phi) is 4.08. The second-order valence-corrected chi connectivity index (χ2v) is 5.95. The zero-order chi connectivity index (χ0) is 14.7. The van der Waals surface area contributed by atoms with Gasteiger partial charge in [0.25, 0.3) is 0 Å². The van der Waals surface area contributed by atoms with Gasteiger partial charge in [-0.1, -0.05) is 37.1 Å². The second-order valence-electron chi connectivity index (χ2n) is 5.95. The highest BCUT2D eigenvalue weighted by Crippen LogP contribution is 2.35. The van der Waals surface area contributed by atoms with Gasteiger partial charge < -0.3 is 15.5 Å². The SMILES string of the molecule is COCCc1ccc(-c2cnc(C3(N)CCCC3)[nH]2)cc1. The maximum atomic E-state index is 6.44. The Hall–Kier alpha value is -1.65. The molecule has 0 bridgehead atoms. The first kappa shape index (κ1) is 14.3. The predicted octanol–water partition coefficient (Wildman–Crippen LogP) is 2.99. The summed E-state index contributed by atoms with van der Waals surface area (Å²) in [6.45, 7) is 0.753. The van der Waals surface area contributed by atoms with Gasteiger partial charge in [0.05, 0.1) is 24.0 Å². The summed E-state index contributed by atoms with van der Waals surface area (Å²) in [5.41, 5.74) is 9.66. The molecule has 1 fully saturated rings. The van der Waals surface area contributed by atoms with E-state index in [4.69, 9.17) is 10.5 Å². The molecule has 0 spiro atoms. The van der Waals surface area contributed by atoms with Gasteiger partial charge in [0.15, 0.2) is 0 Å². The summed E-state index contributed by atoms with van der Waals surface area (Å²) < 4.78 is 5.10. The van der Waals surface area contributed by atoms with Crippen LogP contribution >= 0.6 is 0 Å². The van der Waals surface area contributed by atoms with E-state index in [9.17, 15) is 0 Å². The number of H-pyrrole nitrogens is 1. The van der Waals surface area contributed by atoms with Crippen LogP contribution < -0.4 is 5.73 Å². The lowest BCUT2D eigenvalue weighted by Crippen LogP contribution is -2.34. The summed E-state index contributed by atoms with van der Waals surface area (Å²) in [6, 6.07) is 8.53. The molecule has 1 aromatic heterocycles. The maximum absolute atomic E-state index is 6.44. The highest BCUT2D eigenvalue weighted by Gasteiger charge is 2.33. The van der Waals surface area contributed by atoms with Gasteiger partial charge in [-0.15, -0.1) is 0 Å². The van der Waals surface area contributed by atoms with Crippen molar-refractivity contribution in [3.8, 4) is 11.3 Å². The van der Waals surface area contributed by atoms with E-state index < -0.39 is 0 Å². The quantitative estimate of drug-likeness (QED) is 0.887. The zero-order valence-electron chi connectivity index (χ0n) is 12.6. The van der Waals surface area contributed by atoms with E-state index in [2.05, 4.69) is 34.2 Å². The molecule has 112 valence electrons. The first-order valence-electron chi connectivity index (χ1n) is 7.64. The molecule has 0 unspecified atom stereocenters. The Morgan fingerprint density at radius 1 is 1.24 bits per heavy atom. The first-order chi connectivity index (χ1) is 10.2. The van der Waals surface area contributed by atoms with E-state index in [0.29, 0.717) is 0 Å². The molecule has 1 saturated carbocycles. The summed E-state index contributed by atoms with van der Waals surface area (Å²) >= 11 is 0. The Balaban J connectivity index is 1.76. The number of nitrogens with two attached hydrogens (primary N) is 1. The lowest BCUT2D eigenvalue weighted by molar-refractivity contribution is 0.202. The van der Waals surface area contributed by atoms with Crippen molar-refractivity contribution in [3.05, 3.63) is 41.9 Å². The Labute approximate surface area is 125 Å². The van der Waals surface area contributed by atoms with E-state index in [0.717, 1.165) is 43.0 Å². The van der Waals surface area contributed by atoms with Gasteiger partial charge >= 0.3 is 0 Å². The molecule has 1 heterocycles. The topological polar surface area (TPSA) is 63.9 Å². The molecule has 0 radical (unpaired) electrons. The van der Waals surface area contributed by atoms with Crippen LogP contribution in [-0.4, -0.2) is 23.7 Å². The van der Waals surface area contributed by atoms with Crippen molar-refractivity contribution in [2.24, 2.45) is 5.73 Å². The van der Waals surface area contributed by atoms with E-state index in [-0.39, 0.29) is 5.54 Å². The molecule has 1 aliphatic rings. The second kappa shape index (κ2) is 6.00. The Morgan fingerprint density at radius 3 is 2.62 bits per heavy atom. The van der Waals surface area contributed by atoms with Crippen molar-refractivity contribution in [1.29, 1.82) is 0 Å². The summed E-state index contributed by atoms with van der Waals surface area (Å²) in [7, 11) is 1.73. The van der Waals surface area contributed by atoms with Crippen molar-refractivity contribution in [2.45, 2.75) is 37.6 Å². The monoisotopic (exact) mass is 285 g/mol. The number of hydrogen-bond donors (Lipinski definition) is 2. The van der Waals surface area contributed by atoms with Gasteiger partial charge in [0.2, 0.25) is 0 Å². The van der Waals surface area contributed by atoms with Crippen LogP contribution in [0.1, 0.15) is 37.1 Å². The van der Waals surface area contributed by atoms with Crippen molar-refractivity contribution < 1.29 is 4.74 Å². The normalized spacial score (nSPS) is 17.2. The van der Waals surface area contributed by atoms with Crippen LogP contribution in [0.15, 0.2) is 30.5 Å². The van der Waals surface area contributed by atoms with Crippen molar-refractivity contribution in [3.63, 3.8) is 0 Å². The molecular formula is C17H23N3O. The van der Waals surface area contributed by atoms with Crippen LogP contribution in [0.2, 0.25) is 0 Å². The minimum atomic E-state index is -0.253. The largest absolute Gasteiger partial charge is 0.384 e. The van der Waals surface area contributed by atoms with E-state index in [1.54, 1.807) is 7.11 Å². The minimum Gasteiger partial charge on any atom is -0.384 e. The average molecular weight is 285 g/mol. The van der Waals surface area contributed by atoms with E-state index >= 15 is 0 Å². The summed E-state index contributed by atoms with van der Waals surface area (Å²) in [6.07, 6.45) is 7.27. The van der Waals surface area contributed by atoms with Crippen molar-refractivity contribution >= 4 is 0 Å². The van der Waals surface area contributed by atoms with Crippen LogP contribution in [0.3, 0.4) is 0 Å². The number of imidazole rings is 1. The number of benzene rings is 1. The van der Waals surface area contributed by atoms with Gasteiger partial charge in [-0.25, -0.2) is 4.98 Å². The van der Waals surface area contributed by atoms with Gasteiger partial charge in [-0.2, -0.15) is 0 Å². The smallest absolute Gasteiger partial charge is 0.126 e. The molecule has 0 atom stereocenters. The highest BCUT2D eigenvalue weighted by atomic mass is 16.5. The molecular weight excluding hydrogens is 262 g/mol. The molecule has 0 amide bonds. The van der Waals surface area contributed by atoms with Crippen LogP contribution in [0.5, 0.6) is 0 Å². The third-order valence-electron chi connectivity index (χ3n) is 4.40. The van der Waals surface area contributed by atoms with Crippen LogP contribution in [0.25, 0.3) is 11.3 Å². The number of rotatable bonds is 5. The fourth-order valence-electron chi connectivity index (χ4n) is 3.03. The lowest BCUT2D eigenvalue weighted by atomic mass is 9.98. The number of aromatic amines is 1. The van der Waals surface area contributed by atoms with E-state index in [1.807, 2.05) is 6.20 Å².